The van der Waals surface area contributed by atoms with Gasteiger partial charge in [0.2, 0.25) is 0 Å². The topological polar surface area (TPSA) is 27.1 Å². The molecule has 0 bridgehead atoms. The number of halogens is 1. The van der Waals surface area contributed by atoms with Crippen molar-refractivity contribution in [2.75, 3.05) is 0 Å². The molecule has 4 heteroatoms. The van der Waals surface area contributed by atoms with Gasteiger partial charge in [0.1, 0.15) is 17.3 Å². The molecule has 0 spiro atoms. The van der Waals surface area contributed by atoms with E-state index in [4.69, 9.17) is 21.3 Å². The standard InChI is InChI=1S/C53H59ClN2O/c1-30(2)37-23-45(32(5)6)52(46(24-37)33(7)8)36-19-20-55-51(27-36)56-49-16-14-13-15-43(49)44-18-17-41(29-50(44)56)57-42-22-39(21-40(54)28-42)53-47(34(9)10)25-38(31(3)4)26-48(53)35(11)12/h13-35H,1-12H3. The Morgan fingerprint density at radius 3 is 1.54 bits per heavy atom. The van der Waals surface area contributed by atoms with Crippen molar-refractivity contribution < 1.29 is 4.74 Å². The number of ether oxygens (including phenoxy) is 1. The zero-order valence-corrected chi connectivity index (χ0v) is 36.7. The Labute approximate surface area is 346 Å². The Balaban J connectivity index is 1.37. The van der Waals surface area contributed by atoms with Gasteiger partial charge in [0.25, 0.3) is 0 Å². The highest BCUT2D eigenvalue weighted by atomic mass is 35.5. The summed E-state index contributed by atoms with van der Waals surface area (Å²) in [6.07, 6.45) is 1.97. The van der Waals surface area contributed by atoms with E-state index in [-0.39, 0.29) is 0 Å². The number of pyridine rings is 1. The van der Waals surface area contributed by atoms with Gasteiger partial charge in [0.15, 0.2) is 0 Å². The molecule has 294 valence electrons. The number of aromatic nitrogens is 2. The lowest BCUT2D eigenvalue weighted by Crippen LogP contribution is -2.05. The maximum atomic E-state index is 6.92. The average Bonchev–Trinajstić information content (AvgIpc) is 3.49. The summed E-state index contributed by atoms with van der Waals surface area (Å²) in [7, 11) is 0. The number of para-hydroxylation sites is 1. The normalized spacial score (nSPS) is 12.2. The minimum absolute atomic E-state index is 0.351. The van der Waals surface area contributed by atoms with Gasteiger partial charge in [-0.1, -0.05) is 137 Å². The SMILES string of the molecule is CC(C)c1cc(C(C)C)c(-c2cc(Cl)cc(Oc3ccc4c5ccccc5n(-c5cc(-c6c(C(C)C)cc(C(C)C)cc6C(C)C)ccn5)c4c3)c2)c(C(C)C)c1. The fourth-order valence-electron chi connectivity index (χ4n) is 8.44. The predicted octanol–water partition coefficient (Wildman–Crippen LogP) is 16.7. The summed E-state index contributed by atoms with van der Waals surface area (Å²) in [5.74, 6) is 4.70. The van der Waals surface area contributed by atoms with Crippen molar-refractivity contribution in [3.63, 3.8) is 0 Å². The first-order chi connectivity index (χ1) is 27.1. The van der Waals surface area contributed by atoms with Gasteiger partial charge in [0, 0.05) is 28.1 Å². The first-order valence-electron chi connectivity index (χ1n) is 21.0. The van der Waals surface area contributed by atoms with Crippen LogP contribution in [0, 0.1) is 0 Å². The van der Waals surface area contributed by atoms with E-state index in [2.05, 4.69) is 179 Å². The van der Waals surface area contributed by atoms with Crippen LogP contribution in [0.1, 0.15) is 152 Å². The maximum absolute atomic E-state index is 6.92. The Morgan fingerprint density at radius 1 is 0.474 bits per heavy atom. The van der Waals surface area contributed by atoms with E-state index in [0.29, 0.717) is 46.3 Å². The summed E-state index contributed by atoms with van der Waals surface area (Å²) in [6, 6.07) is 35.2. The molecular formula is C53H59ClN2O. The van der Waals surface area contributed by atoms with Gasteiger partial charge in [-0.2, -0.15) is 0 Å². The number of hydrogen-bond donors (Lipinski definition) is 0. The lowest BCUT2D eigenvalue weighted by atomic mass is 9.82. The van der Waals surface area contributed by atoms with Crippen LogP contribution in [-0.4, -0.2) is 9.55 Å². The van der Waals surface area contributed by atoms with Crippen LogP contribution in [0.2, 0.25) is 5.02 Å². The maximum Gasteiger partial charge on any atom is 0.138 e. The van der Waals surface area contributed by atoms with E-state index in [1.54, 1.807) is 0 Å². The van der Waals surface area contributed by atoms with E-state index in [1.165, 1.54) is 55.5 Å². The monoisotopic (exact) mass is 774 g/mol. The van der Waals surface area contributed by atoms with E-state index in [0.717, 1.165) is 33.6 Å². The van der Waals surface area contributed by atoms with Gasteiger partial charge in [-0.15, -0.1) is 0 Å². The summed E-state index contributed by atoms with van der Waals surface area (Å²) in [4.78, 5) is 5.04. The Kier molecular flexibility index (Phi) is 11.5. The number of benzene rings is 5. The fraction of sp³-hybridized carbons (Fsp3) is 0.340. The Bertz CT molecular complexity index is 2530. The summed E-state index contributed by atoms with van der Waals surface area (Å²) in [5.41, 5.74) is 15.2. The molecular weight excluding hydrogens is 716 g/mol. The van der Waals surface area contributed by atoms with Gasteiger partial charge < -0.3 is 4.74 Å². The molecule has 0 radical (unpaired) electrons. The van der Waals surface area contributed by atoms with Crippen LogP contribution < -0.4 is 4.74 Å². The molecule has 0 fully saturated rings. The molecule has 3 nitrogen and oxygen atoms in total. The zero-order valence-electron chi connectivity index (χ0n) is 36.0. The molecule has 2 heterocycles. The van der Waals surface area contributed by atoms with E-state index < -0.39 is 0 Å². The third kappa shape index (κ3) is 7.89. The van der Waals surface area contributed by atoms with Crippen molar-refractivity contribution in [2.24, 2.45) is 0 Å². The molecule has 0 unspecified atom stereocenters. The second kappa shape index (κ2) is 16.2. The van der Waals surface area contributed by atoms with Crippen LogP contribution in [-0.2, 0) is 0 Å². The molecule has 0 aliphatic rings. The fourth-order valence-corrected chi connectivity index (χ4v) is 8.66. The van der Waals surface area contributed by atoms with E-state index >= 15 is 0 Å². The van der Waals surface area contributed by atoms with Crippen molar-refractivity contribution in [3.8, 4) is 39.6 Å². The number of rotatable bonds is 11. The smallest absolute Gasteiger partial charge is 0.138 e. The minimum atomic E-state index is 0.351. The van der Waals surface area contributed by atoms with Crippen LogP contribution in [0.25, 0.3) is 49.9 Å². The predicted molar refractivity (Wildman–Crippen MR) is 246 cm³/mol. The molecule has 0 aliphatic heterocycles. The number of fused-ring (bicyclic) bond motifs is 3. The minimum Gasteiger partial charge on any atom is -0.457 e. The van der Waals surface area contributed by atoms with Crippen LogP contribution >= 0.6 is 11.6 Å². The third-order valence-electron chi connectivity index (χ3n) is 11.6. The van der Waals surface area contributed by atoms with E-state index in [1.807, 2.05) is 12.3 Å². The number of nitrogens with zero attached hydrogens (tertiary/aromatic N) is 2. The van der Waals surface area contributed by atoms with Crippen molar-refractivity contribution in [2.45, 2.75) is 119 Å². The molecule has 0 saturated carbocycles. The van der Waals surface area contributed by atoms with Crippen molar-refractivity contribution in [1.82, 2.24) is 9.55 Å². The summed E-state index contributed by atoms with van der Waals surface area (Å²) in [6.45, 7) is 27.5. The molecule has 0 saturated heterocycles. The van der Waals surface area contributed by atoms with Crippen LogP contribution in [0.3, 0.4) is 0 Å². The number of hydrogen-bond acceptors (Lipinski definition) is 2. The second-order valence-electron chi connectivity index (χ2n) is 17.8. The van der Waals surface area contributed by atoms with Crippen molar-refractivity contribution in [3.05, 3.63) is 142 Å². The quantitative estimate of drug-likeness (QED) is 0.131. The highest BCUT2D eigenvalue weighted by molar-refractivity contribution is 6.31. The first kappa shape index (κ1) is 40.3. The van der Waals surface area contributed by atoms with Gasteiger partial charge in [-0.25, -0.2) is 4.98 Å². The summed E-state index contributed by atoms with van der Waals surface area (Å²) >= 11 is 6.92. The van der Waals surface area contributed by atoms with Gasteiger partial charge in [0.05, 0.1) is 11.0 Å². The van der Waals surface area contributed by atoms with Gasteiger partial charge in [-0.3, -0.25) is 4.57 Å². The highest BCUT2D eigenvalue weighted by Crippen LogP contribution is 2.43. The van der Waals surface area contributed by atoms with Crippen LogP contribution in [0.5, 0.6) is 11.5 Å². The molecule has 0 N–H and O–H groups in total. The largest absolute Gasteiger partial charge is 0.457 e. The molecule has 2 aromatic heterocycles. The Hall–Kier alpha value is -4.86. The Morgan fingerprint density at radius 2 is 1.00 bits per heavy atom. The zero-order chi connectivity index (χ0) is 40.9. The molecule has 7 rings (SSSR count). The van der Waals surface area contributed by atoms with Gasteiger partial charge >= 0.3 is 0 Å². The van der Waals surface area contributed by atoms with Crippen LogP contribution in [0.15, 0.2) is 103 Å². The van der Waals surface area contributed by atoms with E-state index in [9.17, 15) is 0 Å². The molecule has 0 amide bonds. The lowest BCUT2D eigenvalue weighted by Gasteiger charge is -2.24. The second-order valence-corrected chi connectivity index (χ2v) is 18.2. The van der Waals surface area contributed by atoms with Crippen LogP contribution in [0.4, 0.5) is 0 Å². The molecule has 7 aromatic rings. The van der Waals surface area contributed by atoms with Crippen molar-refractivity contribution >= 4 is 33.4 Å². The highest BCUT2D eigenvalue weighted by Gasteiger charge is 2.22. The molecule has 0 aliphatic carbocycles. The molecule has 0 atom stereocenters. The van der Waals surface area contributed by atoms with Crippen molar-refractivity contribution in [1.29, 1.82) is 0 Å². The summed E-state index contributed by atoms with van der Waals surface area (Å²) < 4.78 is 9.06. The molecule has 57 heavy (non-hydrogen) atoms. The third-order valence-corrected chi connectivity index (χ3v) is 11.8. The lowest BCUT2D eigenvalue weighted by molar-refractivity contribution is 0.483. The van der Waals surface area contributed by atoms with Gasteiger partial charge in [-0.05, 0) is 140 Å². The summed E-state index contributed by atoms with van der Waals surface area (Å²) in [5, 5.41) is 2.98. The molecule has 5 aromatic carbocycles. The average molecular weight is 776 g/mol. The first-order valence-corrected chi connectivity index (χ1v) is 21.3.